The molecule has 1 spiro atoms. The van der Waals surface area contributed by atoms with Gasteiger partial charge in [-0.15, -0.1) is 0 Å². The predicted molar refractivity (Wildman–Crippen MR) is 69.2 cm³/mol. The second-order valence-corrected chi connectivity index (χ2v) is 6.49. The molecule has 5 nitrogen and oxygen atoms in total. The largest absolute Gasteiger partial charge is 0.356 e. The van der Waals surface area contributed by atoms with Gasteiger partial charge in [-0.2, -0.15) is 0 Å². The van der Waals surface area contributed by atoms with Crippen LogP contribution in [0.15, 0.2) is 0 Å². The van der Waals surface area contributed by atoms with Crippen LogP contribution in [-0.4, -0.2) is 42.0 Å². The van der Waals surface area contributed by atoms with Crippen molar-refractivity contribution in [3.8, 4) is 0 Å². The van der Waals surface area contributed by atoms with Crippen LogP contribution < -0.4 is 10.6 Å². The van der Waals surface area contributed by atoms with Crippen molar-refractivity contribution in [1.29, 1.82) is 0 Å². The average Bonchev–Trinajstić information content (AvgIpc) is 2.66. The van der Waals surface area contributed by atoms with Gasteiger partial charge < -0.3 is 15.5 Å². The highest BCUT2D eigenvalue weighted by molar-refractivity contribution is 5.85. The van der Waals surface area contributed by atoms with Crippen LogP contribution in [0.2, 0.25) is 0 Å². The number of carbonyl (C=O) groups excluding carboxylic acids is 2. The number of nitrogens with zero attached hydrogens (tertiary/aromatic N) is 1. The number of urea groups is 1. The molecule has 2 heterocycles. The Morgan fingerprint density at radius 3 is 2.72 bits per heavy atom. The van der Waals surface area contributed by atoms with Gasteiger partial charge in [0.05, 0.1) is 5.41 Å². The van der Waals surface area contributed by atoms with Crippen LogP contribution in [0.4, 0.5) is 4.79 Å². The molecule has 0 radical (unpaired) electrons. The van der Waals surface area contributed by atoms with E-state index in [9.17, 15) is 9.59 Å². The van der Waals surface area contributed by atoms with Gasteiger partial charge in [0.2, 0.25) is 5.91 Å². The fourth-order valence-corrected chi connectivity index (χ4v) is 2.76. The standard InChI is InChI=1S/C13H23N3O2/c1-12(2,3)15-11(18)16-8-6-13(9-16)5-4-7-14-10(13)17/h4-9H2,1-3H3,(H,14,17)(H,15,18)/t13-/m0/s1. The first-order valence-electron chi connectivity index (χ1n) is 6.68. The summed E-state index contributed by atoms with van der Waals surface area (Å²) in [5.41, 5.74) is -0.560. The van der Waals surface area contributed by atoms with Crippen LogP contribution in [0.1, 0.15) is 40.0 Å². The molecule has 2 saturated heterocycles. The van der Waals surface area contributed by atoms with Crippen LogP contribution in [0.5, 0.6) is 0 Å². The minimum atomic E-state index is -0.326. The molecule has 0 saturated carbocycles. The van der Waals surface area contributed by atoms with E-state index in [0.717, 1.165) is 25.8 Å². The van der Waals surface area contributed by atoms with E-state index in [2.05, 4.69) is 10.6 Å². The van der Waals surface area contributed by atoms with Crippen LogP contribution in [0.3, 0.4) is 0 Å². The molecule has 0 bridgehead atoms. The van der Waals surface area contributed by atoms with E-state index in [4.69, 9.17) is 0 Å². The highest BCUT2D eigenvalue weighted by Gasteiger charge is 2.47. The molecule has 2 aliphatic rings. The van der Waals surface area contributed by atoms with Gasteiger partial charge in [0.25, 0.3) is 0 Å². The van der Waals surface area contributed by atoms with Crippen molar-refractivity contribution in [2.45, 2.75) is 45.6 Å². The maximum absolute atomic E-state index is 12.1. The van der Waals surface area contributed by atoms with Gasteiger partial charge in [-0.1, -0.05) is 0 Å². The second-order valence-electron chi connectivity index (χ2n) is 6.49. The third-order valence-electron chi connectivity index (χ3n) is 3.72. The number of hydrogen-bond donors (Lipinski definition) is 2. The van der Waals surface area contributed by atoms with E-state index in [-0.39, 0.29) is 22.9 Å². The zero-order valence-electron chi connectivity index (χ0n) is 11.5. The summed E-state index contributed by atoms with van der Waals surface area (Å²) < 4.78 is 0. The van der Waals surface area contributed by atoms with Crippen LogP contribution in [0.25, 0.3) is 0 Å². The predicted octanol–water partition coefficient (Wildman–Crippen LogP) is 1.10. The van der Waals surface area contributed by atoms with Crippen molar-refractivity contribution < 1.29 is 9.59 Å². The number of carbonyl (C=O) groups is 2. The molecule has 3 amide bonds. The molecule has 18 heavy (non-hydrogen) atoms. The number of amides is 3. The highest BCUT2D eigenvalue weighted by atomic mass is 16.2. The Hall–Kier alpha value is -1.26. The third-order valence-corrected chi connectivity index (χ3v) is 3.72. The summed E-state index contributed by atoms with van der Waals surface area (Å²) >= 11 is 0. The lowest BCUT2D eigenvalue weighted by molar-refractivity contribution is -0.132. The van der Waals surface area contributed by atoms with E-state index in [1.807, 2.05) is 20.8 Å². The zero-order valence-corrected chi connectivity index (χ0v) is 11.5. The smallest absolute Gasteiger partial charge is 0.317 e. The number of hydrogen-bond acceptors (Lipinski definition) is 2. The monoisotopic (exact) mass is 253 g/mol. The Morgan fingerprint density at radius 2 is 2.11 bits per heavy atom. The van der Waals surface area contributed by atoms with E-state index in [0.29, 0.717) is 13.1 Å². The van der Waals surface area contributed by atoms with E-state index in [1.165, 1.54) is 0 Å². The lowest BCUT2D eigenvalue weighted by Crippen LogP contribution is -2.51. The van der Waals surface area contributed by atoms with Gasteiger partial charge in [0.1, 0.15) is 0 Å². The van der Waals surface area contributed by atoms with Crippen molar-refractivity contribution in [3.63, 3.8) is 0 Å². The first-order valence-corrected chi connectivity index (χ1v) is 6.68. The van der Waals surface area contributed by atoms with Crippen LogP contribution in [0, 0.1) is 5.41 Å². The Balaban J connectivity index is 1.99. The molecule has 2 rings (SSSR count). The number of nitrogens with one attached hydrogen (secondary N) is 2. The molecule has 1 atom stereocenters. The van der Waals surface area contributed by atoms with Gasteiger partial charge in [-0.05, 0) is 40.0 Å². The Bertz CT molecular complexity index is 362. The van der Waals surface area contributed by atoms with Crippen molar-refractivity contribution in [3.05, 3.63) is 0 Å². The van der Waals surface area contributed by atoms with Crippen molar-refractivity contribution in [1.82, 2.24) is 15.5 Å². The molecule has 2 aliphatic heterocycles. The molecule has 102 valence electrons. The van der Waals surface area contributed by atoms with Gasteiger partial charge in [0, 0.05) is 25.2 Å². The van der Waals surface area contributed by atoms with Crippen LogP contribution in [-0.2, 0) is 4.79 Å². The summed E-state index contributed by atoms with van der Waals surface area (Å²) in [5, 5.41) is 5.88. The molecular weight excluding hydrogens is 230 g/mol. The van der Waals surface area contributed by atoms with Crippen molar-refractivity contribution >= 4 is 11.9 Å². The zero-order chi connectivity index (χ0) is 13.4. The summed E-state index contributed by atoms with van der Waals surface area (Å²) in [5.74, 6) is 0.125. The number of likely N-dealkylation sites (tertiary alicyclic amines) is 1. The highest BCUT2D eigenvalue weighted by Crippen LogP contribution is 2.37. The second kappa shape index (κ2) is 4.44. The summed E-state index contributed by atoms with van der Waals surface area (Å²) in [6, 6.07) is -0.0576. The SMILES string of the molecule is CC(C)(C)NC(=O)N1CC[C@@]2(CCCNC2=O)C1. The van der Waals surface area contributed by atoms with Gasteiger partial charge in [-0.25, -0.2) is 4.79 Å². The van der Waals surface area contributed by atoms with E-state index < -0.39 is 0 Å². The summed E-state index contributed by atoms with van der Waals surface area (Å²) in [7, 11) is 0. The molecule has 2 N–H and O–H groups in total. The molecule has 5 heteroatoms. The van der Waals surface area contributed by atoms with Crippen molar-refractivity contribution in [2.75, 3.05) is 19.6 Å². The molecule has 2 fully saturated rings. The molecular formula is C13H23N3O2. The summed E-state index contributed by atoms with van der Waals surface area (Å²) in [4.78, 5) is 25.9. The number of rotatable bonds is 0. The topological polar surface area (TPSA) is 61.4 Å². The average molecular weight is 253 g/mol. The summed E-state index contributed by atoms with van der Waals surface area (Å²) in [6.07, 6.45) is 2.70. The lowest BCUT2D eigenvalue weighted by atomic mass is 9.79. The first-order chi connectivity index (χ1) is 8.32. The van der Waals surface area contributed by atoms with Gasteiger partial charge in [-0.3, -0.25) is 4.79 Å². The van der Waals surface area contributed by atoms with Gasteiger partial charge in [0.15, 0.2) is 0 Å². The molecule has 0 aromatic carbocycles. The maximum Gasteiger partial charge on any atom is 0.317 e. The fourth-order valence-electron chi connectivity index (χ4n) is 2.76. The Labute approximate surface area is 108 Å². The number of piperidine rings is 1. The fraction of sp³-hybridized carbons (Fsp3) is 0.846. The van der Waals surface area contributed by atoms with E-state index >= 15 is 0 Å². The van der Waals surface area contributed by atoms with Gasteiger partial charge >= 0.3 is 6.03 Å². The maximum atomic E-state index is 12.1. The Kier molecular flexibility index (Phi) is 3.25. The third kappa shape index (κ3) is 2.60. The minimum absolute atomic E-state index is 0.0576. The quantitative estimate of drug-likeness (QED) is 0.679. The molecule has 0 aromatic rings. The molecule has 0 unspecified atom stereocenters. The Morgan fingerprint density at radius 1 is 1.39 bits per heavy atom. The molecule has 0 aromatic heterocycles. The first kappa shape index (κ1) is 13.2. The summed E-state index contributed by atoms with van der Waals surface area (Å²) in [6.45, 7) is 7.89. The lowest BCUT2D eigenvalue weighted by Gasteiger charge is -2.32. The minimum Gasteiger partial charge on any atom is -0.356 e. The molecule has 0 aliphatic carbocycles. The normalized spacial score (nSPS) is 28.4. The van der Waals surface area contributed by atoms with E-state index in [1.54, 1.807) is 4.90 Å². The van der Waals surface area contributed by atoms with Crippen molar-refractivity contribution in [2.24, 2.45) is 5.41 Å². The van der Waals surface area contributed by atoms with Crippen LogP contribution >= 0.6 is 0 Å².